The maximum atomic E-state index is 12.4. The van der Waals surface area contributed by atoms with Gasteiger partial charge in [-0.25, -0.2) is 19.4 Å². The van der Waals surface area contributed by atoms with E-state index in [0.717, 1.165) is 24.4 Å². The van der Waals surface area contributed by atoms with Crippen molar-refractivity contribution in [3.8, 4) is 12.3 Å². The van der Waals surface area contributed by atoms with Crippen LogP contribution in [0.5, 0.6) is 0 Å². The highest BCUT2D eigenvalue weighted by Crippen LogP contribution is 2.32. The predicted octanol–water partition coefficient (Wildman–Crippen LogP) is 0.479. The number of rotatable bonds is 13. The molecule has 1 aromatic carbocycles. The van der Waals surface area contributed by atoms with Crippen LogP contribution in [0.15, 0.2) is 30.6 Å². The molecule has 0 radical (unpaired) electrons. The van der Waals surface area contributed by atoms with E-state index in [9.17, 15) is 34.8 Å². The first-order valence-electron chi connectivity index (χ1n) is 13.2. The monoisotopic (exact) mass is 631 g/mol. The number of aromatic nitrogens is 4. The molecule has 3 atom stereocenters. The highest BCUT2D eigenvalue weighted by atomic mass is 35.5. The van der Waals surface area contributed by atoms with Crippen LogP contribution < -0.4 is 15.5 Å². The molecule has 1 aliphatic heterocycles. The standard InChI is InChI=1S/C27H30ClN7O9/c1-4-26(42,21(36)35-14-31-18-19(29-2)32-24(28)33-20(18)35)17(43-3)13-44-27(22(37)38,23(39)40)12-15-6-8-16(9-7-15)34-11-5-10-30-25(34)41/h1,6-9,14,17,21,36,42H,5,10-13H2,2-3H3,(H,30,41)(H,37,38)(H,39,40)(H,29,32,33)/t17-,21-,26-/m1/s1. The van der Waals surface area contributed by atoms with Crippen molar-refractivity contribution in [3.63, 3.8) is 0 Å². The number of fused-ring (bicyclic) bond motifs is 1. The number of urea groups is 1. The minimum Gasteiger partial charge on any atom is -0.479 e. The van der Waals surface area contributed by atoms with Gasteiger partial charge in [0.05, 0.1) is 12.9 Å². The average molecular weight is 632 g/mol. The quantitative estimate of drug-likeness (QED) is 0.0859. The molecule has 44 heavy (non-hydrogen) atoms. The summed E-state index contributed by atoms with van der Waals surface area (Å²) in [6.45, 7) is 0.150. The van der Waals surface area contributed by atoms with E-state index >= 15 is 0 Å². The van der Waals surface area contributed by atoms with Crippen LogP contribution in [0.25, 0.3) is 11.2 Å². The largest absolute Gasteiger partial charge is 0.479 e. The number of terminal acetylenes is 1. The molecule has 2 amide bonds. The number of aliphatic hydroxyl groups is 2. The minimum absolute atomic E-state index is 0.0119. The van der Waals surface area contributed by atoms with Gasteiger partial charge in [-0.05, 0) is 35.7 Å². The van der Waals surface area contributed by atoms with Crippen molar-refractivity contribution in [1.29, 1.82) is 0 Å². The molecular weight excluding hydrogens is 602 g/mol. The number of aliphatic carboxylic acids is 2. The van der Waals surface area contributed by atoms with Gasteiger partial charge in [0.2, 0.25) is 5.28 Å². The number of ether oxygens (including phenoxy) is 2. The molecule has 0 saturated carbocycles. The molecule has 17 heteroatoms. The number of hydrogen-bond donors (Lipinski definition) is 6. The van der Waals surface area contributed by atoms with E-state index in [1.165, 1.54) is 17.0 Å². The van der Waals surface area contributed by atoms with Crippen molar-refractivity contribution in [2.24, 2.45) is 0 Å². The zero-order chi connectivity index (χ0) is 32.2. The lowest BCUT2D eigenvalue weighted by Gasteiger charge is -2.36. The van der Waals surface area contributed by atoms with Gasteiger partial charge in [0.1, 0.15) is 6.10 Å². The van der Waals surface area contributed by atoms with Crippen LogP contribution in [0.3, 0.4) is 0 Å². The maximum Gasteiger partial charge on any atom is 0.348 e. The fraction of sp³-hybridized carbons (Fsp3) is 0.407. The summed E-state index contributed by atoms with van der Waals surface area (Å²) in [5, 5.41) is 48.1. The zero-order valence-corrected chi connectivity index (χ0v) is 24.4. The number of benzene rings is 1. The third-order valence-corrected chi connectivity index (χ3v) is 7.42. The number of anilines is 2. The lowest BCUT2D eigenvalue weighted by atomic mass is 9.92. The van der Waals surface area contributed by atoms with Crippen LogP contribution in [0.1, 0.15) is 18.2 Å². The Morgan fingerprint density at radius 1 is 1.25 bits per heavy atom. The molecule has 4 rings (SSSR count). The van der Waals surface area contributed by atoms with Crippen LogP contribution >= 0.6 is 11.6 Å². The van der Waals surface area contributed by atoms with E-state index in [4.69, 9.17) is 27.5 Å². The lowest BCUT2D eigenvalue weighted by Crippen LogP contribution is -2.56. The van der Waals surface area contributed by atoms with Gasteiger partial charge >= 0.3 is 18.0 Å². The van der Waals surface area contributed by atoms with Gasteiger partial charge in [0, 0.05) is 39.4 Å². The van der Waals surface area contributed by atoms with E-state index in [-0.39, 0.29) is 33.9 Å². The molecule has 1 saturated heterocycles. The van der Waals surface area contributed by atoms with Gasteiger partial charge in [0.25, 0.3) is 5.60 Å². The summed E-state index contributed by atoms with van der Waals surface area (Å²) in [6, 6.07) is 5.80. The third kappa shape index (κ3) is 5.96. The third-order valence-electron chi connectivity index (χ3n) is 7.25. The molecule has 234 valence electrons. The molecule has 2 aromatic heterocycles. The minimum atomic E-state index is -2.86. The van der Waals surface area contributed by atoms with Crippen molar-refractivity contribution in [1.82, 2.24) is 24.8 Å². The molecule has 0 spiro atoms. The van der Waals surface area contributed by atoms with Gasteiger partial charge in [-0.15, -0.1) is 6.42 Å². The van der Waals surface area contributed by atoms with Crippen molar-refractivity contribution >= 4 is 52.2 Å². The van der Waals surface area contributed by atoms with Crippen molar-refractivity contribution in [2.45, 2.75) is 36.4 Å². The summed E-state index contributed by atoms with van der Waals surface area (Å²) in [4.78, 5) is 50.6. The molecule has 1 fully saturated rings. The molecular formula is C27H30ClN7O9. The highest BCUT2D eigenvalue weighted by Gasteiger charge is 2.51. The second-order valence-electron chi connectivity index (χ2n) is 9.81. The molecule has 3 heterocycles. The number of halogens is 1. The Hall–Kier alpha value is -4.53. The predicted molar refractivity (Wildman–Crippen MR) is 155 cm³/mol. The van der Waals surface area contributed by atoms with E-state index in [2.05, 4.69) is 25.6 Å². The number of nitrogens with one attached hydrogen (secondary N) is 2. The number of amides is 2. The number of methoxy groups -OCH3 is 1. The zero-order valence-electron chi connectivity index (χ0n) is 23.6. The van der Waals surface area contributed by atoms with Crippen molar-refractivity contribution in [2.75, 3.05) is 44.1 Å². The van der Waals surface area contributed by atoms with Gasteiger partial charge in [0.15, 0.2) is 28.8 Å². The summed E-state index contributed by atoms with van der Waals surface area (Å²) in [7, 11) is 2.66. The molecule has 0 bridgehead atoms. The highest BCUT2D eigenvalue weighted by molar-refractivity contribution is 6.28. The molecule has 6 N–H and O–H groups in total. The first-order valence-corrected chi connectivity index (χ1v) is 13.5. The summed E-state index contributed by atoms with van der Waals surface area (Å²) >= 11 is 5.99. The van der Waals surface area contributed by atoms with Gasteiger partial charge in [-0.2, -0.15) is 9.97 Å². The number of hydrogen-bond acceptors (Lipinski definition) is 11. The first kappa shape index (κ1) is 32.4. The number of carboxylic acid groups (broad SMARTS) is 2. The summed E-state index contributed by atoms with van der Waals surface area (Å²) in [5.41, 5.74) is -4.51. The van der Waals surface area contributed by atoms with Crippen LogP contribution in [-0.4, -0.2) is 109 Å². The number of carbonyl (C=O) groups excluding carboxylic acids is 1. The Morgan fingerprint density at radius 2 is 1.93 bits per heavy atom. The molecule has 1 aliphatic rings. The van der Waals surface area contributed by atoms with Gasteiger partial charge < -0.3 is 40.5 Å². The van der Waals surface area contributed by atoms with Crippen LogP contribution in [-0.2, 0) is 25.5 Å². The molecule has 16 nitrogen and oxygen atoms in total. The Balaban J connectivity index is 1.60. The second kappa shape index (κ2) is 13.0. The second-order valence-corrected chi connectivity index (χ2v) is 10.1. The number of nitrogens with zero attached hydrogens (tertiary/aromatic N) is 5. The van der Waals surface area contributed by atoms with Crippen molar-refractivity contribution in [3.05, 3.63) is 41.4 Å². The molecule has 3 aromatic rings. The summed E-state index contributed by atoms with van der Waals surface area (Å²) < 4.78 is 11.8. The first-order chi connectivity index (χ1) is 20.9. The van der Waals surface area contributed by atoms with Crippen LogP contribution in [0.2, 0.25) is 5.28 Å². The number of carboxylic acids is 2. The summed E-state index contributed by atoms with van der Waals surface area (Å²) in [6.07, 6.45) is 3.15. The van der Waals surface area contributed by atoms with Gasteiger partial charge in [-0.3, -0.25) is 9.47 Å². The number of imidazole rings is 1. The Labute approximate surface area is 255 Å². The fourth-order valence-corrected chi connectivity index (χ4v) is 4.92. The topological polar surface area (TPSA) is 221 Å². The number of carbonyl (C=O) groups is 3. The number of aliphatic hydroxyl groups excluding tert-OH is 1. The van der Waals surface area contributed by atoms with E-state index in [1.807, 2.05) is 5.92 Å². The lowest BCUT2D eigenvalue weighted by molar-refractivity contribution is -0.202. The maximum absolute atomic E-state index is 12.4. The van der Waals surface area contributed by atoms with Crippen LogP contribution in [0, 0.1) is 12.3 Å². The molecule has 0 aliphatic carbocycles. The SMILES string of the molecule is C#C[C@@](O)([C@@H](COC(Cc1ccc(N2CCCNC2=O)cc1)(C(=O)O)C(=O)O)OC)[C@@H](O)n1cnc2c(NC)nc(Cl)nc21. The van der Waals surface area contributed by atoms with Crippen molar-refractivity contribution < 1.29 is 44.3 Å². The Bertz CT molecular complexity index is 1580. The molecule has 0 unspecified atom stereocenters. The Kier molecular flexibility index (Phi) is 9.56. The van der Waals surface area contributed by atoms with Gasteiger partial charge in [-0.1, -0.05) is 18.1 Å². The summed E-state index contributed by atoms with van der Waals surface area (Å²) in [5.74, 6) is -1.41. The van der Waals surface area contributed by atoms with E-state index < -0.39 is 48.5 Å². The van der Waals surface area contributed by atoms with E-state index in [1.54, 1.807) is 19.2 Å². The Morgan fingerprint density at radius 3 is 2.50 bits per heavy atom. The fourth-order valence-electron chi connectivity index (χ4n) is 4.76. The average Bonchev–Trinajstić information content (AvgIpc) is 3.43. The van der Waals surface area contributed by atoms with E-state index in [0.29, 0.717) is 18.8 Å². The normalized spacial score (nSPS) is 16.5. The van der Waals surface area contributed by atoms with Crippen LogP contribution in [0.4, 0.5) is 16.3 Å². The smallest absolute Gasteiger partial charge is 0.348 e.